The highest BCUT2D eigenvalue weighted by Crippen LogP contribution is 2.11. The van der Waals surface area contributed by atoms with Crippen LogP contribution in [0.3, 0.4) is 0 Å². The van der Waals surface area contributed by atoms with Gasteiger partial charge in [0.1, 0.15) is 5.82 Å². The Morgan fingerprint density at radius 3 is 2.53 bits per heavy atom. The maximum Gasteiger partial charge on any atom is 0.249 e. The minimum absolute atomic E-state index is 0.0169. The third-order valence-electron chi connectivity index (χ3n) is 2.32. The van der Waals surface area contributed by atoms with Gasteiger partial charge in [-0.3, -0.25) is 0 Å². The summed E-state index contributed by atoms with van der Waals surface area (Å²) in [6, 6.07) is 0. The van der Waals surface area contributed by atoms with Crippen molar-refractivity contribution in [2.24, 2.45) is 7.05 Å². The molecular weight excluding hydrogens is 238 g/mol. The molecule has 6 heteroatoms. The third kappa shape index (κ3) is 3.26. The van der Waals surface area contributed by atoms with Gasteiger partial charge in [0.05, 0.1) is 5.75 Å². The van der Waals surface area contributed by atoms with E-state index in [-0.39, 0.29) is 10.9 Å². The second kappa shape index (κ2) is 5.27. The molecular formula is C11H17N3O2S. The predicted octanol–water partition coefficient (Wildman–Crippen LogP) is 1.42. The van der Waals surface area contributed by atoms with E-state index >= 15 is 0 Å². The number of nitrogens with zero attached hydrogens (tertiary/aromatic N) is 3. The first kappa shape index (κ1) is 13.6. The fourth-order valence-corrected chi connectivity index (χ4v) is 2.87. The molecule has 0 unspecified atom stereocenters. The topological polar surface area (TPSA) is 64.8 Å². The lowest BCUT2D eigenvalue weighted by molar-refractivity contribution is 0.579. The van der Waals surface area contributed by atoms with Crippen molar-refractivity contribution in [2.75, 3.05) is 5.75 Å². The molecule has 0 aliphatic carbocycles. The number of allylic oxidation sites excluding steroid dienone is 3. The quantitative estimate of drug-likeness (QED) is 0.763. The largest absolute Gasteiger partial charge is 0.305 e. The van der Waals surface area contributed by atoms with Crippen LogP contribution in [-0.2, 0) is 16.9 Å². The number of aromatic nitrogens is 3. The molecule has 0 amide bonds. The van der Waals surface area contributed by atoms with Crippen LogP contribution in [0.5, 0.6) is 0 Å². The molecule has 0 N–H and O–H groups in total. The van der Waals surface area contributed by atoms with Gasteiger partial charge < -0.3 is 4.57 Å². The molecule has 0 aliphatic heterocycles. The average molecular weight is 255 g/mol. The van der Waals surface area contributed by atoms with Gasteiger partial charge in [0.2, 0.25) is 15.0 Å². The zero-order valence-corrected chi connectivity index (χ0v) is 11.3. The van der Waals surface area contributed by atoms with Gasteiger partial charge in [-0.15, -0.1) is 10.2 Å². The maximum atomic E-state index is 12.1. The van der Waals surface area contributed by atoms with Crippen LogP contribution in [0, 0.1) is 6.92 Å². The third-order valence-corrected chi connectivity index (χ3v) is 4.07. The van der Waals surface area contributed by atoms with Crippen LogP contribution in [0.4, 0.5) is 0 Å². The fraction of sp³-hybridized carbons (Fsp3) is 0.455. The zero-order chi connectivity index (χ0) is 13.1. The molecule has 1 rings (SSSR count). The summed E-state index contributed by atoms with van der Waals surface area (Å²) in [5.74, 6) is 0.544. The van der Waals surface area contributed by atoms with Gasteiger partial charge in [0.25, 0.3) is 0 Å². The highest BCUT2D eigenvalue weighted by atomic mass is 32.2. The molecule has 0 spiro atoms. The smallest absolute Gasteiger partial charge is 0.249 e. The number of hydrogen-bond donors (Lipinski definition) is 0. The van der Waals surface area contributed by atoms with E-state index < -0.39 is 9.84 Å². The molecule has 0 saturated carbocycles. The van der Waals surface area contributed by atoms with Crippen molar-refractivity contribution in [3.63, 3.8) is 0 Å². The maximum absolute atomic E-state index is 12.1. The summed E-state index contributed by atoms with van der Waals surface area (Å²) in [4.78, 5) is 0. The van der Waals surface area contributed by atoms with Crippen molar-refractivity contribution in [1.82, 2.24) is 14.8 Å². The molecule has 0 radical (unpaired) electrons. The van der Waals surface area contributed by atoms with E-state index in [9.17, 15) is 8.42 Å². The van der Waals surface area contributed by atoms with Crippen LogP contribution in [0.1, 0.15) is 19.7 Å². The minimum atomic E-state index is -3.41. The Bertz CT molecular complexity index is 553. The molecule has 0 atom stereocenters. The Hall–Kier alpha value is -1.43. The average Bonchev–Trinajstić information content (AvgIpc) is 2.56. The van der Waals surface area contributed by atoms with Crippen LogP contribution in [0.25, 0.3) is 0 Å². The van der Waals surface area contributed by atoms with Gasteiger partial charge in [-0.2, -0.15) is 0 Å². The molecule has 1 aromatic rings. The van der Waals surface area contributed by atoms with Crippen LogP contribution < -0.4 is 0 Å². The van der Waals surface area contributed by atoms with Gasteiger partial charge in [0.15, 0.2) is 0 Å². The van der Waals surface area contributed by atoms with Crippen LogP contribution in [-0.4, -0.2) is 28.9 Å². The number of sulfone groups is 1. The lowest BCUT2D eigenvalue weighted by atomic mass is 10.3. The van der Waals surface area contributed by atoms with Crippen molar-refractivity contribution >= 4 is 9.84 Å². The molecule has 94 valence electrons. The Labute approximate surface area is 102 Å². The van der Waals surface area contributed by atoms with E-state index in [0.29, 0.717) is 5.82 Å². The van der Waals surface area contributed by atoms with E-state index in [1.165, 1.54) is 4.57 Å². The molecule has 1 aromatic heterocycles. The van der Waals surface area contributed by atoms with Gasteiger partial charge >= 0.3 is 0 Å². The molecule has 17 heavy (non-hydrogen) atoms. The molecule has 0 saturated heterocycles. The summed E-state index contributed by atoms with van der Waals surface area (Å²) in [5, 5.41) is 7.47. The SMILES string of the molecule is CC=CC=C(C)CS(=O)(=O)c1nnc(C)n1C. The van der Waals surface area contributed by atoms with Crippen molar-refractivity contribution < 1.29 is 8.42 Å². The van der Waals surface area contributed by atoms with Gasteiger partial charge in [-0.25, -0.2) is 8.42 Å². The first-order valence-electron chi connectivity index (χ1n) is 5.25. The van der Waals surface area contributed by atoms with E-state index in [0.717, 1.165) is 5.57 Å². The van der Waals surface area contributed by atoms with Crippen molar-refractivity contribution in [3.8, 4) is 0 Å². The molecule has 0 fully saturated rings. The van der Waals surface area contributed by atoms with E-state index in [1.54, 1.807) is 27.0 Å². The molecule has 0 bridgehead atoms. The summed E-state index contributed by atoms with van der Waals surface area (Å²) in [7, 11) is -1.77. The lowest BCUT2D eigenvalue weighted by Gasteiger charge is -2.03. The number of aryl methyl sites for hydroxylation is 1. The summed E-state index contributed by atoms with van der Waals surface area (Å²) in [6.45, 7) is 5.37. The zero-order valence-electron chi connectivity index (χ0n) is 10.5. The number of rotatable bonds is 4. The molecule has 5 nitrogen and oxygen atoms in total. The van der Waals surface area contributed by atoms with Crippen molar-refractivity contribution in [1.29, 1.82) is 0 Å². The molecule has 0 aliphatic rings. The first-order valence-corrected chi connectivity index (χ1v) is 6.91. The van der Waals surface area contributed by atoms with Crippen LogP contribution in [0.2, 0.25) is 0 Å². The Kier molecular flexibility index (Phi) is 4.22. The summed E-state index contributed by atoms with van der Waals surface area (Å²) >= 11 is 0. The monoisotopic (exact) mass is 255 g/mol. The number of hydrogen-bond acceptors (Lipinski definition) is 4. The Morgan fingerprint density at radius 1 is 1.41 bits per heavy atom. The summed E-state index contributed by atoms with van der Waals surface area (Å²) in [6.07, 6.45) is 5.44. The van der Waals surface area contributed by atoms with E-state index in [4.69, 9.17) is 0 Å². The fourth-order valence-electron chi connectivity index (χ4n) is 1.33. The van der Waals surface area contributed by atoms with Crippen molar-refractivity contribution in [3.05, 3.63) is 29.6 Å². The first-order chi connectivity index (χ1) is 7.88. The van der Waals surface area contributed by atoms with Gasteiger partial charge in [-0.05, 0) is 20.8 Å². The highest BCUT2D eigenvalue weighted by molar-refractivity contribution is 7.91. The Balaban J connectivity index is 3.02. The highest BCUT2D eigenvalue weighted by Gasteiger charge is 2.21. The minimum Gasteiger partial charge on any atom is -0.305 e. The summed E-state index contributed by atoms with van der Waals surface area (Å²) < 4.78 is 25.6. The van der Waals surface area contributed by atoms with Gasteiger partial charge in [0, 0.05) is 7.05 Å². The van der Waals surface area contributed by atoms with Crippen molar-refractivity contribution in [2.45, 2.75) is 25.9 Å². The normalized spacial score (nSPS) is 13.5. The Morgan fingerprint density at radius 2 is 2.06 bits per heavy atom. The summed E-state index contributed by atoms with van der Waals surface area (Å²) in [5.41, 5.74) is 0.767. The van der Waals surface area contributed by atoms with Gasteiger partial charge in [-0.1, -0.05) is 23.8 Å². The lowest BCUT2D eigenvalue weighted by Crippen LogP contribution is -2.13. The second-order valence-electron chi connectivity index (χ2n) is 3.89. The van der Waals surface area contributed by atoms with Crippen LogP contribution in [0.15, 0.2) is 29.0 Å². The standard InChI is InChI=1S/C11H17N3O2S/c1-5-6-7-9(2)8-17(15,16)11-13-12-10(3)14(11)4/h5-7H,8H2,1-4H3. The van der Waals surface area contributed by atoms with E-state index in [2.05, 4.69) is 10.2 Å². The molecule has 1 heterocycles. The molecule has 0 aromatic carbocycles. The van der Waals surface area contributed by atoms with E-state index in [1.807, 2.05) is 19.1 Å². The second-order valence-corrected chi connectivity index (χ2v) is 5.77. The predicted molar refractivity (Wildman–Crippen MR) is 66.4 cm³/mol. The van der Waals surface area contributed by atoms with Crippen LogP contribution >= 0.6 is 0 Å².